The molecule has 4 nitrogen and oxygen atoms in total. The van der Waals surface area contributed by atoms with Gasteiger partial charge in [-0.25, -0.2) is 4.79 Å². The molecule has 0 radical (unpaired) electrons. The lowest BCUT2D eigenvalue weighted by molar-refractivity contribution is 0.0229. The number of amides is 1. The zero-order chi connectivity index (χ0) is 18.3. The molecule has 130 valence electrons. The number of benzene rings is 2. The van der Waals surface area contributed by atoms with Crippen LogP contribution >= 0.6 is 0 Å². The van der Waals surface area contributed by atoms with E-state index in [2.05, 4.69) is 6.07 Å². The van der Waals surface area contributed by atoms with E-state index in [4.69, 9.17) is 4.74 Å². The van der Waals surface area contributed by atoms with Gasteiger partial charge in [0.05, 0.1) is 12.0 Å². The lowest BCUT2D eigenvalue weighted by Crippen LogP contribution is -2.38. The van der Waals surface area contributed by atoms with E-state index in [9.17, 15) is 10.1 Å². The van der Waals surface area contributed by atoms with Gasteiger partial charge in [0.2, 0.25) is 0 Å². The molecule has 4 heteroatoms. The van der Waals surface area contributed by atoms with E-state index >= 15 is 0 Å². The maximum atomic E-state index is 12.6. The highest BCUT2D eigenvalue weighted by molar-refractivity contribution is 5.68. The second-order valence-electron chi connectivity index (χ2n) is 6.94. The van der Waals surface area contributed by atoms with Gasteiger partial charge in [-0.05, 0) is 31.9 Å². The van der Waals surface area contributed by atoms with E-state index in [0.29, 0.717) is 6.54 Å². The largest absolute Gasteiger partial charge is 0.444 e. The maximum Gasteiger partial charge on any atom is 0.410 e. The summed E-state index contributed by atoms with van der Waals surface area (Å²) in [6.45, 7) is 6.20. The highest BCUT2D eigenvalue weighted by Gasteiger charge is 2.25. The lowest BCUT2D eigenvalue weighted by Gasteiger charge is -2.29. The summed E-state index contributed by atoms with van der Waals surface area (Å²) in [7, 11) is 0. The average molecular weight is 336 g/mol. The van der Waals surface area contributed by atoms with Crippen LogP contribution in [0.2, 0.25) is 0 Å². The second-order valence-corrected chi connectivity index (χ2v) is 6.94. The minimum absolute atomic E-state index is 0.282. The highest BCUT2D eigenvalue weighted by atomic mass is 16.6. The first kappa shape index (κ1) is 18.5. The van der Waals surface area contributed by atoms with Crippen LogP contribution in [0.3, 0.4) is 0 Å². The summed E-state index contributed by atoms with van der Waals surface area (Å²) < 4.78 is 5.53. The number of carbonyl (C=O) groups excluding carboxylic acids is 1. The van der Waals surface area contributed by atoms with Gasteiger partial charge in [-0.2, -0.15) is 5.26 Å². The fourth-order valence-corrected chi connectivity index (χ4v) is 2.46. The van der Waals surface area contributed by atoms with Crippen LogP contribution < -0.4 is 0 Å². The van der Waals surface area contributed by atoms with Crippen molar-refractivity contribution < 1.29 is 9.53 Å². The molecule has 0 fully saturated rings. The standard InChI is InChI=1S/C21H24N2O2/c1-21(2,3)25-20(24)23(15-17-10-6-4-7-11-17)16-19(14-22)18-12-8-5-9-13-18/h4-13,19H,15-16H2,1-3H3. The van der Waals surface area contributed by atoms with Gasteiger partial charge in [0.1, 0.15) is 5.60 Å². The van der Waals surface area contributed by atoms with Crippen LogP contribution in [0.5, 0.6) is 0 Å². The Morgan fingerprint density at radius 2 is 1.64 bits per heavy atom. The van der Waals surface area contributed by atoms with Crippen molar-refractivity contribution in [1.82, 2.24) is 4.90 Å². The molecule has 1 amide bonds. The molecular weight excluding hydrogens is 312 g/mol. The van der Waals surface area contributed by atoms with Crippen molar-refractivity contribution in [3.8, 4) is 6.07 Å². The van der Waals surface area contributed by atoms with Gasteiger partial charge in [-0.15, -0.1) is 0 Å². The van der Waals surface area contributed by atoms with Crippen LogP contribution in [0.4, 0.5) is 4.79 Å². The molecule has 2 aromatic carbocycles. The second kappa shape index (κ2) is 8.34. The molecule has 0 bridgehead atoms. The van der Waals surface area contributed by atoms with E-state index in [1.165, 1.54) is 0 Å². The van der Waals surface area contributed by atoms with Gasteiger partial charge in [-0.3, -0.25) is 0 Å². The van der Waals surface area contributed by atoms with Crippen LogP contribution in [0.25, 0.3) is 0 Å². The SMILES string of the molecule is CC(C)(C)OC(=O)N(Cc1ccccc1)CC(C#N)c1ccccc1. The average Bonchev–Trinajstić information content (AvgIpc) is 2.58. The number of nitrogens with zero attached hydrogens (tertiary/aromatic N) is 2. The van der Waals surface area contributed by atoms with Crippen molar-refractivity contribution in [2.75, 3.05) is 6.54 Å². The first-order valence-corrected chi connectivity index (χ1v) is 8.35. The molecule has 1 atom stereocenters. The Hall–Kier alpha value is -2.80. The van der Waals surface area contributed by atoms with Crippen molar-refractivity contribution in [2.45, 2.75) is 38.8 Å². The van der Waals surface area contributed by atoms with Gasteiger partial charge in [0.15, 0.2) is 0 Å². The molecule has 2 rings (SSSR count). The normalized spacial score (nSPS) is 12.1. The molecule has 0 aliphatic rings. The molecule has 0 aliphatic heterocycles. The Kier molecular flexibility index (Phi) is 6.19. The topological polar surface area (TPSA) is 53.3 Å². The van der Waals surface area contributed by atoms with E-state index in [0.717, 1.165) is 11.1 Å². The molecule has 0 saturated heterocycles. The Morgan fingerprint density at radius 3 is 2.16 bits per heavy atom. The molecule has 0 spiro atoms. The van der Waals surface area contributed by atoms with Crippen LogP contribution in [0.1, 0.15) is 37.8 Å². The van der Waals surface area contributed by atoms with E-state index < -0.39 is 17.6 Å². The molecule has 0 aromatic heterocycles. The van der Waals surface area contributed by atoms with E-state index in [1.54, 1.807) is 4.90 Å². The van der Waals surface area contributed by atoms with Crippen molar-refractivity contribution in [3.63, 3.8) is 0 Å². The predicted octanol–water partition coefficient (Wildman–Crippen LogP) is 4.73. The molecule has 25 heavy (non-hydrogen) atoms. The highest BCUT2D eigenvalue weighted by Crippen LogP contribution is 2.20. The monoisotopic (exact) mass is 336 g/mol. The van der Waals surface area contributed by atoms with Gasteiger partial charge >= 0.3 is 6.09 Å². The number of rotatable bonds is 5. The Bertz CT molecular complexity index is 715. The van der Waals surface area contributed by atoms with Gasteiger partial charge in [0, 0.05) is 13.1 Å². The fourth-order valence-electron chi connectivity index (χ4n) is 2.46. The predicted molar refractivity (Wildman–Crippen MR) is 97.9 cm³/mol. The zero-order valence-electron chi connectivity index (χ0n) is 15.0. The van der Waals surface area contributed by atoms with Crippen LogP contribution in [0, 0.1) is 11.3 Å². The lowest BCUT2D eigenvalue weighted by atomic mass is 10.00. The zero-order valence-corrected chi connectivity index (χ0v) is 15.0. The number of ether oxygens (including phenoxy) is 1. The summed E-state index contributed by atoms with van der Waals surface area (Å²) in [4.78, 5) is 14.2. The molecular formula is C21H24N2O2. The Balaban J connectivity index is 2.21. The fraction of sp³-hybridized carbons (Fsp3) is 0.333. The van der Waals surface area contributed by atoms with Crippen LogP contribution in [-0.4, -0.2) is 23.1 Å². The molecule has 0 heterocycles. The third-order valence-corrected chi connectivity index (χ3v) is 3.63. The summed E-state index contributed by atoms with van der Waals surface area (Å²) in [6.07, 6.45) is -0.410. The summed E-state index contributed by atoms with van der Waals surface area (Å²) >= 11 is 0. The third-order valence-electron chi connectivity index (χ3n) is 3.63. The van der Waals surface area contributed by atoms with Crippen LogP contribution in [0.15, 0.2) is 60.7 Å². The summed E-state index contributed by atoms with van der Waals surface area (Å²) in [6, 6.07) is 21.5. The van der Waals surface area contributed by atoms with Crippen molar-refractivity contribution >= 4 is 6.09 Å². The van der Waals surface area contributed by atoms with Crippen molar-refractivity contribution in [3.05, 3.63) is 71.8 Å². The quantitative estimate of drug-likeness (QED) is 0.793. The van der Waals surface area contributed by atoms with Gasteiger partial charge in [-0.1, -0.05) is 60.7 Å². The number of hydrogen-bond acceptors (Lipinski definition) is 3. The molecule has 0 N–H and O–H groups in total. The first-order chi connectivity index (χ1) is 11.9. The summed E-state index contributed by atoms with van der Waals surface area (Å²) in [5.74, 6) is -0.405. The first-order valence-electron chi connectivity index (χ1n) is 8.35. The van der Waals surface area contributed by atoms with Crippen molar-refractivity contribution in [1.29, 1.82) is 5.26 Å². The van der Waals surface area contributed by atoms with Gasteiger partial charge in [0.25, 0.3) is 0 Å². The maximum absolute atomic E-state index is 12.6. The number of nitriles is 1. The van der Waals surface area contributed by atoms with Crippen molar-refractivity contribution in [2.24, 2.45) is 0 Å². The summed E-state index contributed by atoms with van der Waals surface area (Å²) in [5.41, 5.74) is 1.31. The molecule has 2 aromatic rings. The minimum atomic E-state index is -0.582. The third kappa shape index (κ3) is 5.96. The Labute approximate surface area is 149 Å². The van der Waals surface area contributed by atoms with Crippen LogP contribution in [-0.2, 0) is 11.3 Å². The molecule has 1 unspecified atom stereocenters. The molecule has 0 aliphatic carbocycles. The minimum Gasteiger partial charge on any atom is -0.444 e. The number of carbonyl (C=O) groups is 1. The van der Waals surface area contributed by atoms with E-state index in [1.807, 2.05) is 81.4 Å². The number of hydrogen-bond donors (Lipinski definition) is 0. The smallest absolute Gasteiger partial charge is 0.410 e. The molecule has 0 saturated carbocycles. The Morgan fingerprint density at radius 1 is 1.08 bits per heavy atom. The van der Waals surface area contributed by atoms with Gasteiger partial charge < -0.3 is 9.64 Å². The van der Waals surface area contributed by atoms with E-state index in [-0.39, 0.29) is 6.54 Å². The summed E-state index contributed by atoms with van der Waals surface area (Å²) in [5, 5.41) is 9.58.